The Morgan fingerprint density at radius 1 is 1.05 bits per heavy atom. The topological polar surface area (TPSA) is 87.7 Å². The van der Waals surface area contributed by atoms with E-state index in [0.717, 1.165) is 12.8 Å². The molecule has 3 fully saturated rings. The molecule has 5 heteroatoms. The van der Waals surface area contributed by atoms with Crippen LogP contribution in [0.1, 0.15) is 57.8 Å². The zero-order chi connectivity index (χ0) is 14.8. The number of amidine groups is 1. The highest BCUT2D eigenvalue weighted by Crippen LogP contribution is 2.55. The maximum absolute atomic E-state index is 12.5. The zero-order valence-corrected chi connectivity index (χ0v) is 12.6. The molecule has 3 atom stereocenters. The number of nitrogens with one attached hydrogen (secondary N) is 1. The van der Waals surface area contributed by atoms with Crippen LogP contribution >= 0.6 is 0 Å². The average Bonchev–Trinajstić information content (AvgIpc) is 3.27. The number of hydrogen-bond acceptors (Lipinski definition) is 3. The fourth-order valence-electron chi connectivity index (χ4n) is 4.59. The molecule has 0 aromatic rings. The van der Waals surface area contributed by atoms with Crippen molar-refractivity contribution in [1.29, 1.82) is 0 Å². The van der Waals surface area contributed by atoms with E-state index in [1.165, 1.54) is 44.9 Å². The number of carbonyl (C=O) groups is 1. The van der Waals surface area contributed by atoms with Crippen molar-refractivity contribution in [2.75, 3.05) is 0 Å². The van der Waals surface area contributed by atoms with Crippen molar-refractivity contribution < 1.29 is 10.0 Å². The van der Waals surface area contributed by atoms with E-state index in [1.807, 2.05) is 0 Å². The quantitative estimate of drug-likeness (QED) is 0.321. The van der Waals surface area contributed by atoms with Gasteiger partial charge in [0.2, 0.25) is 5.91 Å². The molecule has 0 aromatic carbocycles. The molecule has 3 aliphatic carbocycles. The molecule has 3 unspecified atom stereocenters. The summed E-state index contributed by atoms with van der Waals surface area (Å²) in [5.41, 5.74) is 5.85. The molecule has 5 nitrogen and oxygen atoms in total. The third kappa shape index (κ3) is 3.01. The Morgan fingerprint density at radius 3 is 2.19 bits per heavy atom. The summed E-state index contributed by atoms with van der Waals surface area (Å²) in [4.78, 5) is 12.5. The van der Waals surface area contributed by atoms with Gasteiger partial charge in [-0.3, -0.25) is 4.79 Å². The van der Waals surface area contributed by atoms with Crippen LogP contribution in [0.2, 0.25) is 0 Å². The number of fused-ring (bicyclic) bond motifs is 1. The number of hydrogen-bond donors (Lipinski definition) is 3. The van der Waals surface area contributed by atoms with Crippen molar-refractivity contribution in [1.82, 2.24) is 5.32 Å². The summed E-state index contributed by atoms with van der Waals surface area (Å²) in [6, 6.07) is -0.287. The van der Waals surface area contributed by atoms with Gasteiger partial charge in [-0.2, -0.15) is 0 Å². The predicted molar refractivity (Wildman–Crippen MR) is 80.9 cm³/mol. The maximum Gasteiger partial charge on any atom is 0.224 e. The monoisotopic (exact) mass is 293 g/mol. The molecular formula is C16H27N3O2. The molecular weight excluding hydrogens is 266 g/mol. The van der Waals surface area contributed by atoms with E-state index in [0.29, 0.717) is 17.8 Å². The second-order valence-corrected chi connectivity index (χ2v) is 7.05. The first-order valence-electron chi connectivity index (χ1n) is 8.50. The van der Waals surface area contributed by atoms with E-state index in [-0.39, 0.29) is 23.7 Å². The number of rotatable bonds is 4. The van der Waals surface area contributed by atoms with Crippen LogP contribution < -0.4 is 11.1 Å². The highest BCUT2D eigenvalue weighted by molar-refractivity contribution is 5.91. The van der Waals surface area contributed by atoms with Crippen LogP contribution in [0.3, 0.4) is 0 Å². The summed E-state index contributed by atoms with van der Waals surface area (Å²) >= 11 is 0. The van der Waals surface area contributed by atoms with Crippen LogP contribution in [0.5, 0.6) is 0 Å². The summed E-state index contributed by atoms with van der Waals surface area (Å²) in [6.45, 7) is 0. The lowest BCUT2D eigenvalue weighted by Crippen LogP contribution is -2.50. The van der Waals surface area contributed by atoms with E-state index < -0.39 is 0 Å². The Balaban J connectivity index is 1.62. The van der Waals surface area contributed by atoms with Crippen LogP contribution in [-0.4, -0.2) is 23.0 Å². The van der Waals surface area contributed by atoms with E-state index in [9.17, 15) is 4.79 Å². The summed E-state index contributed by atoms with van der Waals surface area (Å²) in [6.07, 6.45) is 10.6. The summed E-state index contributed by atoms with van der Waals surface area (Å²) in [5, 5.41) is 15.3. The lowest BCUT2D eigenvalue weighted by Gasteiger charge is -2.30. The second-order valence-electron chi connectivity index (χ2n) is 7.05. The lowest BCUT2D eigenvalue weighted by atomic mass is 9.83. The Labute approximate surface area is 126 Å². The van der Waals surface area contributed by atoms with Gasteiger partial charge < -0.3 is 16.3 Å². The van der Waals surface area contributed by atoms with Gasteiger partial charge in [0, 0.05) is 5.92 Å². The second kappa shape index (κ2) is 6.24. The molecule has 1 amide bonds. The molecule has 0 aliphatic heterocycles. The van der Waals surface area contributed by atoms with E-state index in [1.54, 1.807) is 0 Å². The molecule has 3 rings (SSSR count). The molecule has 118 valence electrons. The van der Waals surface area contributed by atoms with Gasteiger partial charge in [-0.1, -0.05) is 37.3 Å². The summed E-state index contributed by atoms with van der Waals surface area (Å²) in [5.74, 6) is 1.99. The van der Waals surface area contributed by atoms with Crippen LogP contribution in [0.4, 0.5) is 0 Å². The number of oxime groups is 1. The Hall–Kier alpha value is -1.26. The standard InChI is InChI=1S/C16H27N3O2/c17-15(19-21)14(10-6-2-1-3-7-10)18-16(20)13-11-8-4-5-9-12(11)13/h10-14,21H,1-9H2,(H2,17,19)(H,18,20). The molecule has 0 aromatic heterocycles. The molecule has 4 N–H and O–H groups in total. The van der Waals surface area contributed by atoms with Gasteiger partial charge in [0.1, 0.15) is 0 Å². The number of nitrogens with zero attached hydrogens (tertiary/aromatic N) is 1. The van der Waals surface area contributed by atoms with Crippen LogP contribution in [0, 0.1) is 23.7 Å². The van der Waals surface area contributed by atoms with Crippen LogP contribution in [-0.2, 0) is 4.79 Å². The van der Waals surface area contributed by atoms with Crippen molar-refractivity contribution in [3.05, 3.63) is 0 Å². The molecule has 0 spiro atoms. The molecule has 0 bridgehead atoms. The molecule has 0 radical (unpaired) electrons. The minimum Gasteiger partial charge on any atom is -0.409 e. The zero-order valence-electron chi connectivity index (χ0n) is 12.6. The first-order valence-corrected chi connectivity index (χ1v) is 8.50. The Morgan fingerprint density at radius 2 is 1.62 bits per heavy atom. The summed E-state index contributed by atoms with van der Waals surface area (Å²) in [7, 11) is 0. The molecule has 3 aliphatic rings. The highest BCUT2D eigenvalue weighted by atomic mass is 16.4. The molecule has 21 heavy (non-hydrogen) atoms. The minimum absolute atomic E-state index is 0.133. The Kier molecular flexibility index (Phi) is 4.36. The maximum atomic E-state index is 12.5. The smallest absolute Gasteiger partial charge is 0.224 e. The van der Waals surface area contributed by atoms with Crippen molar-refractivity contribution in [3.63, 3.8) is 0 Å². The molecule has 3 saturated carbocycles. The average molecular weight is 293 g/mol. The van der Waals surface area contributed by atoms with Gasteiger partial charge >= 0.3 is 0 Å². The third-order valence-corrected chi connectivity index (χ3v) is 5.81. The number of amides is 1. The number of carbonyl (C=O) groups excluding carboxylic acids is 1. The van der Waals surface area contributed by atoms with E-state index >= 15 is 0 Å². The molecule has 0 heterocycles. The van der Waals surface area contributed by atoms with Crippen LogP contribution in [0.25, 0.3) is 0 Å². The van der Waals surface area contributed by atoms with Crippen molar-refractivity contribution in [3.8, 4) is 0 Å². The van der Waals surface area contributed by atoms with Gasteiger partial charge in [0.25, 0.3) is 0 Å². The van der Waals surface area contributed by atoms with Gasteiger partial charge in [-0.05, 0) is 43.4 Å². The normalized spacial score (nSPS) is 34.9. The first kappa shape index (κ1) is 14.7. The van der Waals surface area contributed by atoms with Crippen LogP contribution in [0.15, 0.2) is 5.16 Å². The van der Waals surface area contributed by atoms with Crippen molar-refractivity contribution in [2.45, 2.75) is 63.8 Å². The van der Waals surface area contributed by atoms with Gasteiger partial charge in [-0.15, -0.1) is 0 Å². The summed E-state index contributed by atoms with van der Waals surface area (Å²) < 4.78 is 0. The molecule has 0 saturated heterocycles. The fourth-order valence-corrected chi connectivity index (χ4v) is 4.59. The minimum atomic E-state index is -0.287. The first-order chi connectivity index (χ1) is 10.2. The third-order valence-electron chi connectivity index (χ3n) is 5.81. The number of nitrogens with two attached hydrogens (primary N) is 1. The Bertz CT molecular complexity index is 406. The fraction of sp³-hybridized carbons (Fsp3) is 0.875. The highest BCUT2D eigenvalue weighted by Gasteiger charge is 2.55. The van der Waals surface area contributed by atoms with Gasteiger partial charge in [0.05, 0.1) is 6.04 Å². The van der Waals surface area contributed by atoms with Gasteiger partial charge in [0.15, 0.2) is 5.84 Å². The largest absolute Gasteiger partial charge is 0.409 e. The lowest BCUT2D eigenvalue weighted by molar-refractivity contribution is -0.123. The van der Waals surface area contributed by atoms with E-state index in [4.69, 9.17) is 10.9 Å². The van der Waals surface area contributed by atoms with Gasteiger partial charge in [-0.25, -0.2) is 0 Å². The van der Waals surface area contributed by atoms with Crippen molar-refractivity contribution >= 4 is 11.7 Å². The van der Waals surface area contributed by atoms with E-state index in [2.05, 4.69) is 10.5 Å². The predicted octanol–water partition coefficient (Wildman–Crippen LogP) is 2.23. The van der Waals surface area contributed by atoms with Crippen molar-refractivity contribution in [2.24, 2.45) is 34.6 Å². The SMILES string of the molecule is NC(=NO)C(NC(=O)C1C2CCCCC21)C1CCCCC1.